The fourth-order valence-corrected chi connectivity index (χ4v) is 1.66. The van der Waals surface area contributed by atoms with Crippen LogP contribution in [0.2, 0.25) is 0 Å². The van der Waals surface area contributed by atoms with Crippen LogP contribution in [0, 0.1) is 5.92 Å². The highest BCUT2D eigenvalue weighted by Gasteiger charge is 2.24. The van der Waals surface area contributed by atoms with Crippen molar-refractivity contribution in [3.63, 3.8) is 0 Å². The number of nitrogens with zero attached hydrogens (tertiary/aromatic N) is 1. The molecule has 1 amide bonds. The number of rotatable bonds is 6. The molecule has 0 saturated heterocycles. The molecule has 15 heavy (non-hydrogen) atoms. The third-order valence-corrected chi connectivity index (χ3v) is 2.27. The number of amides is 1. The Balaban J connectivity index is 4.28. The van der Waals surface area contributed by atoms with E-state index in [0.29, 0.717) is 13.1 Å². The summed E-state index contributed by atoms with van der Waals surface area (Å²) in [4.78, 5) is 13.4. The second kappa shape index (κ2) is 6.08. The van der Waals surface area contributed by atoms with E-state index in [4.69, 9.17) is 5.73 Å². The molecule has 4 heteroatoms. The van der Waals surface area contributed by atoms with Crippen LogP contribution in [0.4, 0.5) is 0 Å². The van der Waals surface area contributed by atoms with Crippen LogP contribution in [0.3, 0.4) is 0 Å². The number of hydrogen-bond donors (Lipinski definition) is 2. The van der Waals surface area contributed by atoms with Crippen LogP contribution in [0.15, 0.2) is 0 Å². The van der Waals surface area contributed by atoms with Gasteiger partial charge in [-0.25, -0.2) is 0 Å². The van der Waals surface area contributed by atoms with E-state index in [2.05, 4.69) is 0 Å². The second-order valence-corrected chi connectivity index (χ2v) is 4.73. The average Bonchev–Trinajstić information content (AvgIpc) is 2.10. The van der Waals surface area contributed by atoms with Crippen molar-refractivity contribution in [2.24, 2.45) is 11.7 Å². The number of carbonyl (C=O) groups is 1. The summed E-state index contributed by atoms with van der Waals surface area (Å²) in [7, 11) is 1.71. The van der Waals surface area contributed by atoms with Gasteiger partial charge >= 0.3 is 0 Å². The largest absolute Gasteiger partial charge is 0.389 e. The Kier molecular flexibility index (Phi) is 5.83. The van der Waals surface area contributed by atoms with Crippen molar-refractivity contribution in [1.29, 1.82) is 0 Å². The normalized spacial score (nSPS) is 13.7. The third-order valence-electron chi connectivity index (χ3n) is 2.27. The molecule has 3 N–H and O–H groups in total. The van der Waals surface area contributed by atoms with Gasteiger partial charge in [0.25, 0.3) is 0 Å². The Morgan fingerprint density at radius 2 is 2.07 bits per heavy atom. The van der Waals surface area contributed by atoms with Crippen LogP contribution in [0.1, 0.15) is 33.6 Å². The first kappa shape index (κ1) is 14.4. The summed E-state index contributed by atoms with van der Waals surface area (Å²) in [5, 5.41) is 9.60. The molecule has 0 spiro atoms. The van der Waals surface area contributed by atoms with Gasteiger partial charge in [0.2, 0.25) is 5.91 Å². The molecule has 90 valence electrons. The van der Waals surface area contributed by atoms with Crippen molar-refractivity contribution in [2.75, 3.05) is 20.1 Å². The molecule has 0 heterocycles. The van der Waals surface area contributed by atoms with Gasteiger partial charge in [-0.1, -0.05) is 13.3 Å². The Bertz CT molecular complexity index is 199. The summed E-state index contributed by atoms with van der Waals surface area (Å²) < 4.78 is 0. The molecular formula is C11H24N2O2. The second-order valence-electron chi connectivity index (χ2n) is 4.73. The Morgan fingerprint density at radius 1 is 1.53 bits per heavy atom. The quantitative estimate of drug-likeness (QED) is 0.683. The minimum Gasteiger partial charge on any atom is -0.389 e. The molecule has 4 nitrogen and oxygen atoms in total. The van der Waals surface area contributed by atoms with Gasteiger partial charge < -0.3 is 15.7 Å². The zero-order valence-corrected chi connectivity index (χ0v) is 10.3. The van der Waals surface area contributed by atoms with Crippen LogP contribution in [-0.2, 0) is 4.79 Å². The summed E-state index contributed by atoms with van der Waals surface area (Å²) in [6.07, 6.45) is 1.76. The minimum atomic E-state index is -0.851. The van der Waals surface area contributed by atoms with E-state index in [-0.39, 0.29) is 11.8 Å². The van der Waals surface area contributed by atoms with Crippen LogP contribution in [0.25, 0.3) is 0 Å². The monoisotopic (exact) mass is 216 g/mol. The first-order chi connectivity index (χ1) is 6.81. The molecule has 0 aromatic carbocycles. The summed E-state index contributed by atoms with van der Waals surface area (Å²) >= 11 is 0. The maximum atomic E-state index is 11.9. The van der Waals surface area contributed by atoms with Gasteiger partial charge in [0, 0.05) is 20.1 Å². The smallest absolute Gasteiger partial charge is 0.226 e. The molecular weight excluding hydrogens is 192 g/mol. The van der Waals surface area contributed by atoms with E-state index in [1.54, 1.807) is 25.8 Å². The lowest BCUT2D eigenvalue weighted by Crippen LogP contribution is -2.43. The fourth-order valence-electron chi connectivity index (χ4n) is 1.66. The molecule has 0 aromatic heterocycles. The molecule has 1 unspecified atom stereocenters. The lowest BCUT2D eigenvalue weighted by Gasteiger charge is -2.28. The lowest BCUT2D eigenvalue weighted by molar-refractivity contribution is -0.136. The maximum absolute atomic E-state index is 11.9. The van der Waals surface area contributed by atoms with Crippen molar-refractivity contribution >= 4 is 5.91 Å². The van der Waals surface area contributed by atoms with E-state index in [1.807, 2.05) is 6.92 Å². The highest BCUT2D eigenvalue weighted by Crippen LogP contribution is 2.11. The van der Waals surface area contributed by atoms with Crippen molar-refractivity contribution < 1.29 is 9.90 Å². The number of likely N-dealkylation sites (N-methyl/N-ethyl adjacent to an activating group) is 1. The highest BCUT2D eigenvalue weighted by atomic mass is 16.3. The lowest BCUT2D eigenvalue weighted by atomic mass is 10.0. The van der Waals surface area contributed by atoms with E-state index >= 15 is 0 Å². The number of hydrogen-bond acceptors (Lipinski definition) is 3. The van der Waals surface area contributed by atoms with Gasteiger partial charge in [-0.2, -0.15) is 0 Å². The van der Waals surface area contributed by atoms with Crippen molar-refractivity contribution in [2.45, 2.75) is 39.2 Å². The van der Waals surface area contributed by atoms with Gasteiger partial charge in [-0.15, -0.1) is 0 Å². The number of nitrogens with two attached hydrogens (primary N) is 1. The van der Waals surface area contributed by atoms with Crippen molar-refractivity contribution in [3.8, 4) is 0 Å². The van der Waals surface area contributed by atoms with Crippen LogP contribution < -0.4 is 5.73 Å². The summed E-state index contributed by atoms with van der Waals surface area (Å²) in [6, 6.07) is 0. The number of aliphatic hydroxyl groups is 1. The molecule has 0 radical (unpaired) electrons. The molecule has 1 atom stereocenters. The molecule has 0 aliphatic heterocycles. The van der Waals surface area contributed by atoms with Crippen LogP contribution >= 0.6 is 0 Å². The van der Waals surface area contributed by atoms with Gasteiger partial charge in [0.1, 0.15) is 0 Å². The van der Waals surface area contributed by atoms with E-state index in [9.17, 15) is 9.90 Å². The van der Waals surface area contributed by atoms with Crippen LogP contribution in [-0.4, -0.2) is 41.7 Å². The summed E-state index contributed by atoms with van der Waals surface area (Å²) in [5.41, 5.74) is 4.70. The summed E-state index contributed by atoms with van der Waals surface area (Å²) in [5.74, 6) is -0.0798. The Labute approximate surface area is 92.4 Å². The number of carbonyl (C=O) groups excluding carboxylic acids is 1. The molecule has 0 saturated carbocycles. The zero-order chi connectivity index (χ0) is 12.1. The average molecular weight is 216 g/mol. The van der Waals surface area contributed by atoms with Gasteiger partial charge in [0.15, 0.2) is 0 Å². The first-order valence-electron chi connectivity index (χ1n) is 5.49. The minimum absolute atomic E-state index is 0.0291. The molecule has 0 bridgehead atoms. The van der Waals surface area contributed by atoms with Gasteiger partial charge in [0.05, 0.1) is 11.5 Å². The Hall–Kier alpha value is -0.610. The first-order valence-corrected chi connectivity index (χ1v) is 5.49. The van der Waals surface area contributed by atoms with Crippen LogP contribution in [0.5, 0.6) is 0 Å². The SMILES string of the molecule is CCCC(CN)C(=O)N(C)CC(C)(C)O. The third kappa shape index (κ3) is 5.74. The molecule has 0 aliphatic rings. The van der Waals surface area contributed by atoms with Crippen molar-refractivity contribution in [3.05, 3.63) is 0 Å². The molecule has 0 aromatic rings. The fraction of sp³-hybridized carbons (Fsp3) is 0.909. The standard InChI is InChI=1S/C11H24N2O2/c1-5-6-9(7-12)10(14)13(4)8-11(2,3)15/h9,15H,5-8,12H2,1-4H3. The molecule has 0 fully saturated rings. The van der Waals surface area contributed by atoms with E-state index < -0.39 is 5.60 Å². The zero-order valence-electron chi connectivity index (χ0n) is 10.3. The highest BCUT2D eigenvalue weighted by molar-refractivity contribution is 5.78. The predicted molar refractivity (Wildman–Crippen MR) is 61.4 cm³/mol. The van der Waals surface area contributed by atoms with Crippen molar-refractivity contribution in [1.82, 2.24) is 4.90 Å². The van der Waals surface area contributed by atoms with E-state index in [0.717, 1.165) is 12.8 Å². The van der Waals surface area contributed by atoms with Gasteiger partial charge in [-0.3, -0.25) is 4.79 Å². The summed E-state index contributed by atoms with van der Waals surface area (Å²) in [6.45, 7) is 6.13. The topological polar surface area (TPSA) is 66.6 Å². The van der Waals surface area contributed by atoms with E-state index in [1.165, 1.54) is 0 Å². The molecule has 0 aliphatic carbocycles. The molecule has 0 rings (SSSR count). The predicted octanol–water partition coefficient (Wildman–Crippen LogP) is 0.591. The van der Waals surface area contributed by atoms with Gasteiger partial charge in [-0.05, 0) is 20.3 Å². The Morgan fingerprint density at radius 3 is 2.40 bits per heavy atom. The maximum Gasteiger partial charge on any atom is 0.226 e.